The minimum absolute atomic E-state index is 0.272. The maximum atomic E-state index is 10.9. The molecule has 0 aliphatic heterocycles. The molecule has 0 aliphatic rings. The summed E-state index contributed by atoms with van der Waals surface area (Å²) in [5.41, 5.74) is 4.39. The molecular weight excluding hydrogens is 352 g/mol. The van der Waals surface area contributed by atoms with E-state index in [2.05, 4.69) is 25.9 Å². The molecule has 1 aromatic heterocycles. The van der Waals surface area contributed by atoms with Gasteiger partial charge in [-0.3, -0.25) is 0 Å². The molecule has 110 valence electrons. The molecule has 1 aromatic carbocycles. The normalized spacial score (nSPS) is 10.7. The molecule has 0 fully saturated rings. The van der Waals surface area contributed by atoms with E-state index in [4.69, 9.17) is 5.11 Å². The monoisotopic (exact) mass is 366 g/mol. The van der Waals surface area contributed by atoms with Crippen LogP contribution in [0.15, 0.2) is 27.8 Å². The summed E-state index contributed by atoms with van der Waals surface area (Å²) in [6.45, 7) is 5.97. The number of hydrogen-bond acceptors (Lipinski definition) is 4. The Kier molecular flexibility index (Phi) is 5.00. The van der Waals surface area contributed by atoms with Crippen molar-refractivity contribution >= 4 is 33.7 Å². The first-order chi connectivity index (χ1) is 9.88. The number of carboxylic acids is 1. The van der Waals surface area contributed by atoms with Gasteiger partial charge in [-0.15, -0.1) is 0 Å². The number of rotatable bonds is 4. The zero-order valence-corrected chi connectivity index (χ0v) is 14.4. The summed E-state index contributed by atoms with van der Waals surface area (Å²) in [7, 11) is 0. The van der Waals surface area contributed by atoms with Gasteiger partial charge in [-0.2, -0.15) is 0 Å². The lowest BCUT2D eigenvalue weighted by Gasteiger charge is -2.08. The van der Waals surface area contributed by atoms with E-state index in [1.165, 1.54) is 11.8 Å². The highest BCUT2D eigenvalue weighted by Crippen LogP contribution is 2.26. The Morgan fingerprint density at radius 3 is 2.38 bits per heavy atom. The molecule has 0 saturated carbocycles. The number of benzene rings is 1. The van der Waals surface area contributed by atoms with Crippen LogP contribution in [0.2, 0.25) is 0 Å². The van der Waals surface area contributed by atoms with Gasteiger partial charge in [0.05, 0.1) is 5.56 Å². The Morgan fingerprint density at radius 1 is 1.24 bits per heavy atom. The van der Waals surface area contributed by atoms with Crippen molar-refractivity contribution in [3.8, 4) is 0 Å². The van der Waals surface area contributed by atoms with Crippen LogP contribution in [0.3, 0.4) is 0 Å². The molecule has 1 heterocycles. The maximum absolute atomic E-state index is 10.9. The molecule has 0 aliphatic carbocycles. The van der Waals surface area contributed by atoms with Crippen molar-refractivity contribution in [1.29, 1.82) is 0 Å². The lowest BCUT2D eigenvalue weighted by molar-refractivity contribution is 0.0697. The summed E-state index contributed by atoms with van der Waals surface area (Å²) in [6, 6.07) is 5.04. The molecule has 6 heteroatoms. The maximum Gasteiger partial charge on any atom is 0.335 e. The summed E-state index contributed by atoms with van der Waals surface area (Å²) in [4.78, 5) is 19.8. The third-order valence-corrected chi connectivity index (χ3v) is 4.90. The van der Waals surface area contributed by atoms with E-state index in [0.29, 0.717) is 5.75 Å². The molecule has 0 spiro atoms. The molecule has 0 atom stereocenters. The van der Waals surface area contributed by atoms with Gasteiger partial charge in [-0.05, 0) is 44.0 Å². The van der Waals surface area contributed by atoms with Crippen molar-refractivity contribution in [1.82, 2.24) is 9.97 Å². The molecular formula is C15H15BrN2O2S. The van der Waals surface area contributed by atoms with E-state index in [1.807, 2.05) is 26.8 Å². The molecule has 21 heavy (non-hydrogen) atoms. The van der Waals surface area contributed by atoms with Crippen molar-refractivity contribution in [2.75, 3.05) is 0 Å². The Bertz CT molecular complexity index is 681. The van der Waals surface area contributed by atoms with Gasteiger partial charge in [0.15, 0.2) is 5.16 Å². The summed E-state index contributed by atoms with van der Waals surface area (Å²) >= 11 is 4.95. The Hall–Kier alpha value is -1.40. The van der Waals surface area contributed by atoms with Crippen molar-refractivity contribution in [2.45, 2.75) is 31.7 Å². The molecule has 0 radical (unpaired) electrons. The minimum atomic E-state index is -0.928. The van der Waals surface area contributed by atoms with Gasteiger partial charge in [-0.1, -0.05) is 33.8 Å². The molecule has 0 unspecified atom stereocenters. The lowest BCUT2D eigenvalue weighted by atomic mass is 10.1. The fourth-order valence-corrected chi connectivity index (χ4v) is 3.39. The van der Waals surface area contributed by atoms with Crippen LogP contribution < -0.4 is 0 Å². The van der Waals surface area contributed by atoms with E-state index in [9.17, 15) is 4.79 Å². The summed E-state index contributed by atoms with van der Waals surface area (Å²) in [5, 5.41) is 9.69. The van der Waals surface area contributed by atoms with Crippen molar-refractivity contribution in [2.24, 2.45) is 0 Å². The number of halogens is 1. The van der Waals surface area contributed by atoms with E-state index in [1.54, 1.807) is 12.1 Å². The molecule has 1 N–H and O–H groups in total. The quantitative estimate of drug-likeness (QED) is 0.650. The first kappa shape index (κ1) is 16.0. The van der Waals surface area contributed by atoms with Gasteiger partial charge < -0.3 is 5.11 Å². The number of aromatic carboxylic acids is 1. The average molecular weight is 367 g/mol. The average Bonchev–Trinajstić information content (AvgIpc) is 2.43. The fourth-order valence-electron chi connectivity index (χ4n) is 1.75. The predicted octanol–water partition coefficient (Wildman–Crippen LogP) is 4.15. The summed E-state index contributed by atoms with van der Waals surface area (Å²) in [6.07, 6.45) is 0. The first-order valence-corrected chi connectivity index (χ1v) is 8.12. The number of nitrogens with zero attached hydrogens (tertiary/aromatic N) is 2. The molecule has 0 saturated heterocycles. The second kappa shape index (κ2) is 6.58. The molecule has 2 aromatic rings. The van der Waals surface area contributed by atoms with Gasteiger partial charge in [0, 0.05) is 21.6 Å². The Labute approximate surface area is 136 Å². The third kappa shape index (κ3) is 3.83. The van der Waals surface area contributed by atoms with E-state index in [0.717, 1.165) is 32.1 Å². The van der Waals surface area contributed by atoms with Crippen LogP contribution in [-0.4, -0.2) is 21.0 Å². The highest BCUT2D eigenvalue weighted by Gasteiger charge is 2.09. The lowest BCUT2D eigenvalue weighted by Crippen LogP contribution is -1.99. The van der Waals surface area contributed by atoms with Gasteiger partial charge in [0.1, 0.15) is 0 Å². The van der Waals surface area contributed by atoms with Gasteiger partial charge >= 0.3 is 5.97 Å². The number of carboxylic acid groups (broad SMARTS) is 1. The number of hydrogen-bond donors (Lipinski definition) is 1. The zero-order chi connectivity index (χ0) is 15.6. The van der Waals surface area contributed by atoms with Crippen LogP contribution in [0.4, 0.5) is 0 Å². The van der Waals surface area contributed by atoms with E-state index >= 15 is 0 Å². The third-order valence-electron chi connectivity index (χ3n) is 3.27. The Balaban J connectivity index is 2.15. The van der Waals surface area contributed by atoms with Gasteiger partial charge in [0.25, 0.3) is 0 Å². The van der Waals surface area contributed by atoms with E-state index < -0.39 is 5.97 Å². The van der Waals surface area contributed by atoms with Crippen LogP contribution >= 0.6 is 27.7 Å². The smallest absolute Gasteiger partial charge is 0.335 e. The second-order valence-electron chi connectivity index (χ2n) is 4.70. The predicted molar refractivity (Wildman–Crippen MR) is 86.9 cm³/mol. The summed E-state index contributed by atoms with van der Waals surface area (Å²) < 4.78 is 0.787. The Morgan fingerprint density at radius 2 is 1.86 bits per heavy atom. The van der Waals surface area contributed by atoms with Crippen LogP contribution in [0.25, 0.3) is 0 Å². The van der Waals surface area contributed by atoms with Crippen LogP contribution in [0.5, 0.6) is 0 Å². The van der Waals surface area contributed by atoms with Crippen LogP contribution in [0.1, 0.15) is 32.9 Å². The minimum Gasteiger partial charge on any atom is -0.478 e. The number of thioether (sulfide) groups is 1. The topological polar surface area (TPSA) is 63.1 Å². The van der Waals surface area contributed by atoms with Crippen molar-refractivity contribution in [3.05, 3.63) is 50.8 Å². The summed E-state index contributed by atoms with van der Waals surface area (Å²) in [5.74, 6) is -0.245. The number of aryl methyl sites for hydroxylation is 2. The van der Waals surface area contributed by atoms with Crippen LogP contribution in [0, 0.1) is 20.8 Å². The first-order valence-electron chi connectivity index (χ1n) is 6.35. The second-order valence-corrected chi connectivity index (χ2v) is 6.50. The van der Waals surface area contributed by atoms with E-state index in [-0.39, 0.29) is 5.56 Å². The highest BCUT2D eigenvalue weighted by atomic mass is 79.9. The van der Waals surface area contributed by atoms with Gasteiger partial charge in [-0.25, -0.2) is 14.8 Å². The fraction of sp³-hybridized carbons (Fsp3) is 0.267. The van der Waals surface area contributed by atoms with Crippen molar-refractivity contribution < 1.29 is 9.90 Å². The molecule has 0 amide bonds. The number of carbonyl (C=O) groups is 1. The number of aromatic nitrogens is 2. The molecule has 0 bridgehead atoms. The molecule has 2 rings (SSSR count). The van der Waals surface area contributed by atoms with Crippen molar-refractivity contribution in [3.63, 3.8) is 0 Å². The largest absolute Gasteiger partial charge is 0.478 e. The van der Waals surface area contributed by atoms with Gasteiger partial charge in [0.2, 0.25) is 0 Å². The molecule has 4 nitrogen and oxygen atoms in total. The highest BCUT2D eigenvalue weighted by molar-refractivity contribution is 9.10. The van der Waals surface area contributed by atoms with Crippen LogP contribution in [-0.2, 0) is 5.75 Å². The zero-order valence-electron chi connectivity index (χ0n) is 12.0. The SMILES string of the molecule is Cc1nc(SCc2ccc(C(=O)O)cc2Br)nc(C)c1C. The standard InChI is InChI=1S/C15H15BrN2O2S/c1-8-9(2)17-15(18-10(8)3)21-7-12-5-4-11(14(19)20)6-13(12)16/h4-6H,7H2,1-3H3,(H,19,20).